The van der Waals surface area contributed by atoms with Crippen molar-refractivity contribution in [3.05, 3.63) is 71.3 Å². The number of aliphatic hydroxyl groups is 1. The first kappa shape index (κ1) is 22.8. The predicted molar refractivity (Wildman–Crippen MR) is 112 cm³/mol. The zero-order chi connectivity index (χ0) is 22.2. The summed E-state index contributed by atoms with van der Waals surface area (Å²) < 4.78 is 27.3. The van der Waals surface area contributed by atoms with Crippen molar-refractivity contribution in [2.24, 2.45) is 0 Å². The van der Waals surface area contributed by atoms with Crippen molar-refractivity contribution >= 4 is 11.8 Å². The molecule has 0 spiro atoms. The first-order chi connectivity index (χ1) is 15.0. The molecule has 0 radical (unpaired) electrons. The van der Waals surface area contributed by atoms with Crippen LogP contribution in [0.25, 0.3) is 0 Å². The molecule has 0 aromatic heterocycles. The zero-order valence-electron chi connectivity index (χ0n) is 17.3. The maximum absolute atomic E-state index is 13.9. The van der Waals surface area contributed by atoms with Gasteiger partial charge in [-0.1, -0.05) is 42.5 Å². The van der Waals surface area contributed by atoms with E-state index in [0.717, 1.165) is 18.1 Å². The number of nitrogens with one attached hydrogen (secondary N) is 1. The van der Waals surface area contributed by atoms with Gasteiger partial charge in [0.1, 0.15) is 0 Å². The number of rotatable bonds is 7. The molecule has 1 aliphatic heterocycles. The van der Waals surface area contributed by atoms with Crippen LogP contribution < -0.4 is 5.32 Å². The van der Waals surface area contributed by atoms with Crippen molar-refractivity contribution in [2.75, 3.05) is 39.3 Å². The molecule has 2 N–H and O–H groups in total. The highest BCUT2D eigenvalue weighted by molar-refractivity contribution is 5.82. The van der Waals surface area contributed by atoms with E-state index in [2.05, 4.69) is 5.32 Å². The molecule has 3 rings (SSSR count). The molecule has 1 fully saturated rings. The Morgan fingerprint density at radius 2 is 1.77 bits per heavy atom. The molecule has 2 amide bonds. The van der Waals surface area contributed by atoms with Gasteiger partial charge in [0.15, 0.2) is 17.7 Å². The average molecular weight is 431 g/mol. The van der Waals surface area contributed by atoms with Crippen molar-refractivity contribution in [2.45, 2.75) is 18.9 Å². The maximum Gasteiger partial charge on any atom is 0.256 e. The smallest absolute Gasteiger partial charge is 0.256 e. The number of nitrogens with zero attached hydrogens (tertiary/aromatic N) is 2. The van der Waals surface area contributed by atoms with Gasteiger partial charge in [-0.2, -0.15) is 0 Å². The quantitative estimate of drug-likeness (QED) is 0.702. The van der Waals surface area contributed by atoms with Gasteiger partial charge >= 0.3 is 0 Å². The van der Waals surface area contributed by atoms with Gasteiger partial charge in [0, 0.05) is 38.3 Å². The van der Waals surface area contributed by atoms with E-state index in [9.17, 15) is 23.5 Å². The van der Waals surface area contributed by atoms with Crippen LogP contribution in [0.1, 0.15) is 23.7 Å². The number of amides is 2. The molecule has 1 aliphatic rings. The topological polar surface area (TPSA) is 72.9 Å². The van der Waals surface area contributed by atoms with Gasteiger partial charge in [-0.3, -0.25) is 14.5 Å². The third-order valence-corrected chi connectivity index (χ3v) is 5.36. The van der Waals surface area contributed by atoms with E-state index in [1.165, 1.54) is 17.0 Å². The van der Waals surface area contributed by atoms with Crippen LogP contribution in [0, 0.1) is 11.6 Å². The molecule has 166 valence electrons. The molecular weight excluding hydrogens is 404 g/mol. The van der Waals surface area contributed by atoms with Crippen LogP contribution in [0.4, 0.5) is 8.78 Å². The lowest BCUT2D eigenvalue weighted by Gasteiger charge is -2.24. The number of halogens is 2. The summed E-state index contributed by atoms with van der Waals surface area (Å²) in [6.45, 7) is 2.52. The molecule has 2 aromatic carbocycles. The fraction of sp³-hybridized carbons (Fsp3) is 0.391. The largest absolute Gasteiger partial charge is 0.378 e. The van der Waals surface area contributed by atoms with Crippen LogP contribution in [0.5, 0.6) is 0 Å². The molecule has 0 aliphatic carbocycles. The fourth-order valence-corrected chi connectivity index (χ4v) is 3.64. The molecule has 31 heavy (non-hydrogen) atoms. The highest BCUT2D eigenvalue weighted by atomic mass is 19.2. The number of carbonyl (C=O) groups excluding carboxylic acids is 2. The number of carbonyl (C=O) groups is 2. The summed E-state index contributed by atoms with van der Waals surface area (Å²) in [5, 5.41) is 13.2. The Labute approximate surface area is 180 Å². The SMILES string of the molecule is O=C(CN1CCCN(C(=O)C(O)c2cccc(F)c2F)CC1)NCCc1ccccc1. The van der Waals surface area contributed by atoms with Gasteiger partial charge in [-0.15, -0.1) is 0 Å². The third-order valence-electron chi connectivity index (χ3n) is 5.36. The Morgan fingerprint density at radius 1 is 1.00 bits per heavy atom. The molecule has 1 heterocycles. The van der Waals surface area contributed by atoms with Crippen LogP contribution in [0.3, 0.4) is 0 Å². The summed E-state index contributed by atoms with van der Waals surface area (Å²) in [6.07, 6.45) is -0.395. The van der Waals surface area contributed by atoms with Crippen molar-refractivity contribution in [3.8, 4) is 0 Å². The number of hydrogen-bond acceptors (Lipinski definition) is 4. The van der Waals surface area contributed by atoms with Crippen LogP contribution in [-0.4, -0.2) is 66.0 Å². The first-order valence-corrected chi connectivity index (χ1v) is 10.4. The normalized spacial score (nSPS) is 15.9. The van der Waals surface area contributed by atoms with Crippen molar-refractivity contribution in [3.63, 3.8) is 0 Å². The Kier molecular flexibility index (Phi) is 8.08. The predicted octanol–water partition coefficient (Wildman–Crippen LogP) is 1.89. The van der Waals surface area contributed by atoms with E-state index in [1.54, 1.807) is 0 Å². The lowest BCUT2D eigenvalue weighted by Crippen LogP contribution is -2.41. The minimum Gasteiger partial charge on any atom is -0.378 e. The number of aliphatic hydroxyl groups excluding tert-OH is 1. The van der Waals surface area contributed by atoms with E-state index in [0.29, 0.717) is 39.1 Å². The van der Waals surface area contributed by atoms with Crippen LogP contribution in [0.2, 0.25) is 0 Å². The zero-order valence-corrected chi connectivity index (χ0v) is 17.3. The number of benzene rings is 2. The summed E-state index contributed by atoms with van der Waals surface area (Å²) in [5.41, 5.74) is 0.781. The van der Waals surface area contributed by atoms with Gasteiger partial charge in [0.05, 0.1) is 6.54 Å². The molecular formula is C23H27F2N3O3. The second-order valence-electron chi connectivity index (χ2n) is 7.59. The summed E-state index contributed by atoms with van der Waals surface area (Å²) in [5.74, 6) is -3.08. The minimum absolute atomic E-state index is 0.0856. The van der Waals surface area contributed by atoms with E-state index >= 15 is 0 Å². The van der Waals surface area contributed by atoms with Gasteiger partial charge < -0.3 is 15.3 Å². The minimum atomic E-state index is -1.76. The molecule has 2 aromatic rings. The Hall–Kier alpha value is -2.84. The lowest BCUT2D eigenvalue weighted by molar-refractivity contribution is -0.140. The molecule has 1 atom stereocenters. The van der Waals surface area contributed by atoms with E-state index in [4.69, 9.17) is 0 Å². The Balaban J connectivity index is 1.46. The Morgan fingerprint density at radius 3 is 2.55 bits per heavy atom. The van der Waals surface area contributed by atoms with Gasteiger partial charge in [0.25, 0.3) is 5.91 Å². The lowest BCUT2D eigenvalue weighted by atomic mass is 10.1. The Bertz CT molecular complexity index is 895. The second-order valence-corrected chi connectivity index (χ2v) is 7.59. The van der Waals surface area contributed by atoms with E-state index < -0.39 is 23.6 Å². The molecule has 8 heteroatoms. The highest BCUT2D eigenvalue weighted by Gasteiger charge is 2.28. The van der Waals surface area contributed by atoms with Gasteiger partial charge in [-0.25, -0.2) is 8.78 Å². The van der Waals surface area contributed by atoms with Gasteiger partial charge in [0.2, 0.25) is 5.91 Å². The first-order valence-electron chi connectivity index (χ1n) is 10.4. The summed E-state index contributed by atoms with van der Waals surface area (Å²) in [6, 6.07) is 13.3. The van der Waals surface area contributed by atoms with Crippen LogP contribution in [0.15, 0.2) is 48.5 Å². The van der Waals surface area contributed by atoms with Gasteiger partial charge in [-0.05, 0) is 24.5 Å². The van der Waals surface area contributed by atoms with Crippen molar-refractivity contribution in [1.29, 1.82) is 0 Å². The molecule has 0 bridgehead atoms. The standard InChI is InChI=1S/C23H27F2N3O3/c24-19-9-4-8-18(21(19)25)22(30)23(31)28-13-5-12-27(14-15-28)16-20(29)26-11-10-17-6-2-1-3-7-17/h1-4,6-9,22,30H,5,10-16H2,(H,26,29). The molecule has 0 saturated carbocycles. The fourth-order valence-electron chi connectivity index (χ4n) is 3.64. The summed E-state index contributed by atoms with van der Waals surface area (Å²) in [4.78, 5) is 28.2. The van der Waals surface area contributed by atoms with Crippen molar-refractivity contribution in [1.82, 2.24) is 15.1 Å². The summed E-state index contributed by atoms with van der Waals surface area (Å²) >= 11 is 0. The van der Waals surface area contributed by atoms with E-state index in [1.807, 2.05) is 35.2 Å². The molecule has 1 unspecified atom stereocenters. The molecule has 1 saturated heterocycles. The third kappa shape index (κ3) is 6.32. The van der Waals surface area contributed by atoms with Crippen molar-refractivity contribution < 1.29 is 23.5 Å². The maximum atomic E-state index is 13.9. The van der Waals surface area contributed by atoms with Crippen LogP contribution >= 0.6 is 0 Å². The average Bonchev–Trinajstić information content (AvgIpc) is 3.01. The number of hydrogen-bond donors (Lipinski definition) is 2. The van der Waals surface area contributed by atoms with E-state index in [-0.39, 0.29) is 18.0 Å². The second kappa shape index (κ2) is 11.0. The highest BCUT2D eigenvalue weighted by Crippen LogP contribution is 2.22. The summed E-state index contributed by atoms with van der Waals surface area (Å²) in [7, 11) is 0. The molecule has 6 nitrogen and oxygen atoms in total. The monoisotopic (exact) mass is 431 g/mol. The van der Waals surface area contributed by atoms with Crippen LogP contribution in [-0.2, 0) is 16.0 Å².